The second-order valence-electron chi connectivity index (χ2n) is 8.40. The van der Waals surface area contributed by atoms with Crippen molar-refractivity contribution in [2.75, 3.05) is 23.9 Å². The zero-order valence-corrected chi connectivity index (χ0v) is 21.3. The fraction of sp³-hybridized carbons (Fsp3) is 0.148. The number of carbonyl (C=O) groups is 1. The molecule has 1 saturated heterocycles. The molecule has 10 heteroatoms. The predicted molar refractivity (Wildman–Crippen MR) is 146 cm³/mol. The van der Waals surface area contributed by atoms with Crippen molar-refractivity contribution in [3.05, 3.63) is 107 Å². The topological polar surface area (TPSA) is 71.4 Å². The van der Waals surface area contributed by atoms with Crippen molar-refractivity contribution in [1.29, 1.82) is 0 Å². The van der Waals surface area contributed by atoms with E-state index in [4.69, 9.17) is 28.6 Å². The molecule has 1 aliphatic heterocycles. The van der Waals surface area contributed by atoms with Gasteiger partial charge in [0.25, 0.3) is 0 Å². The maximum Gasteiger partial charge on any atom is 0.250 e. The highest BCUT2D eigenvalue weighted by Gasteiger charge is 2.42. The minimum atomic E-state index is -0.387. The number of aromatic nitrogens is 2. The maximum atomic E-state index is 14.8. The molecule has 2 N–H and O–H groups in total. The van der Waals surface area contributed by atoms with E-state index in [9.17, 15) is 9.18 Å². The molecular formula is C27H23ClFN5O2S. The Labute approximate surface area is 223 Å². The summed E-state index contributed by atoms with van der Waals surface area (Å²) in [5.74, 6) is -0.653. The Kier molecular flexibility index (Phi) is 7.18. The van der Waals surface area contributed by atoms with Crippen LogP contribution in [0.1, 0.15) is 23.5 Å². The third-order valence-corrected chi connectivity index (χ3v) is 6.70. The monoisotopic (exact) mass is 535 g/mol. The van der Waals surface area contributed by atoms with E-state index in [-0.39, 0.29) is 30.4 Å². The van der Waals surface area contributed by atoms with Crippen molar-refractivity contribution in [3.8, 4) is 5.69 Å². The zero-order valence-electron chi connectivity index (χ0n) is 19.8. The molecule has 2 atom stereocenters. The van der Waals surface area contributed by atoms with Crippen LogP contribution in [0.2, 0.25) is 5.02 Å². The Morgan fingerprint density at radius 1 is 1.16 bits per heavy atom. The number of halogens is 2. The highest BCUT2D eigenvalue weighted by molar-refractivity contribution is 7.80. The summed E-state index contributed by atoms with van der Waals surface area (Å²) in [5.41, 5.74) is 3.18. The molecule has 0 bridgehead atoms. The number of nitrogens with zero attached hydrogens (tertiary/aromatic N) is 3. The molecule has 0 aliphatic carbocycles. The average molecular weight is 536 g/mol. The molecule has 5 rings (SSSR count). The zero-order chi connectivity index (χ0) is 25.9. The molecule has 37 heavy (non-hydrogen) atoms. The first kappa shape index (κ1) is 24.9. The summed E-state index contributed by atoms with van der Waals surface area (Å²) in [6, 6.07) is 20.7. The van der Waals surface area contributed by atoms with E-state index in [1.807, 2.05) is 52.1 Å². The fourth-order valence-corrected chi connectivity index (χ4v) is 5.08. The number of rotatable bonds is 7. The van der Waals surface area contributed by atoms with Crippen LogP contribution < -0.4 is 15.5 Å². The summed E-state index contributed by atoms with van der Waals surface area (Å²) in [6.45, 7) is -0.0843. The van der Waals surface area contributed by atoms with E-state index < -0.39 is 0 Å². The Morgan fingerprint density at radius 2 is 1.97 bits per heavy atom. The Bertz CT molecular complexity index is 1450. The van der Waals surface area contributed by atoms with Gasteiger partial charge in [-0.1, -0.05) is 29.8 Å². The van der Waals surface area contributed by atoms with Crippen LogP contribution in [-0.4, -0.2) is 34.3 Å². The third-order valence-electron chi connectivity index (χ3n) is 6.07. The van der Waals surface area contributed by atoms with Crippen LogP contribution in [0.25, 0.3) is 5.69 Å². The van der Waals surface area contributed by atoms with E-state index in [1.54, 1.807) is 36.5 Å². The first-order valence-electron chi connectivity index (χ1n) is 11.5. The summed E-state index contributed by atoms with van der Waals surface area (Å²) in [5, 5.41) is 6.93. The van der Waals surface area contributed by atoms with Gasteiger partial charge in [-0.2, -0.15) is 0 Å². The molecule has 188 valence electrons. The van der Waals surface area contributed by atoms with Crippen molar-refractivity contribution in [1.82, 2.24) is 14.9 Å². The number of hydrogen-bond acceptors (Lipinski definition) is 4. The number of ether oxygens (including phenoxy) is 1. The van der Waals surface area contributed by atoms with Gasteiger partial charge in [0.05, 0.1) is 28.1 Å². The number of para-hydroxylation sites is 1. The summed E-state index contributed by atoms with van der Waals surface area (Å²) < 4.78 is 21.5. The minimum Gasteiger partial charge on any atom is -0.375 e. The molecule has 1 amide bonds. The molecule has 0 saturated carbocycles. The van der Waals surface area contributed by atoms with Gasteiger partial charge in [0, 0.05) is 30.9 Å². The number of amides is 1. The largest absolute Gasteiger partial charge is 0.375 e. The van der Waals surface area contributed by atoms with Gasteiger partial charge >= 0.3 is 0 Å². The number of nitrogens with one attached hydrogen (secondary N) is 2. The van der Waals surface area contributed by atoms with E-state index in [0.29, 0.717) is 27.2 Å². The highest BCUT2D eigenvalue weighted by atomic mass is 35.5. The van der Waals surface area contributed by atoms with Crippen molar-refractivity contribution in [2.24, 2.45) is 0 Å². The number of hydrogen-bond donors (Lipinski definition) is 2. The van der Waals surface area contributed by atoms with Crippen LogP contribution in [0, 0.1) is 5.82 Å². The number of pyridine rings is 1. The normalized spacial score (nSPS) is 17.1. The van der Waals surface area contributed by atoms with E-state index in [1.165, 1.54) is 13.2 Å². The fourth-order valence-electron chi connectivity index (χ4n) is 4.51. The summed E-state index contributed by atoms with van der Waals surface area (Å²) in [6.07, 6.45) is 3.55. The van der Waals surface area contributed by atoms with E-state index >= 15 is 0 Å². The molecule has 2 aromatic carbocycles. The maximum absolute atomic E-state index is 14.8. The summed E-state index contributed by atoms with van der Waals surface area (Å²) in [7, 11) is 1.45. The Balaban J connectivity index is 1.60. The van der Waals surface area contributed by atoms with E-state index in [2.05, 4.69) is 15.6 Å². The van der Waals surface area contributed by atoms with Crippen LogP contribution in [0.4, 0.5) is 15.8 Å². The molecular weight excluding hydrogens is 513 g/mol. The number of carbonyl (C=O) groups excluding carboxylic acids is 1. The average Bonchev–Trinajstić information content (AvgIpc) is 3.50. The van der Waals surface area contributed by atoms with Crippen LogP contribution in [0.5, 0.6) is 0 Å². The van der Waals surface area contributed by atoms with Crippen molar-refractivity contribution >= 4 is 46.2 Å². The quantitative estimate of drug-likeness (QED) is 0.308. The van der Waals surface area contributed by atoms with Gasteiger partial charge in [0.1, 0.15) is 18.5 Å². The number of thiocarbonyl (C=S) groups is 1. The molecule has 0 spiro atoms. The lowest BCUT2D eigenvalue weighted by Gasteiger charge is -2.29. The van der Waals surface area contributed by atoms with Crippen LogP contribution in [0.3, 0.4) is 0 Å². The number of benzene rings is 2. The van der Waals surface area contributed by atoms with Crippen LogP contribution >= 0.6 is 23.8 Å². The van der Waals surface area contributed by atoms with Gasteiger partial charge in [-0.05, 0) is 66.8 Å². The summed E-state index contributed by atoms with van der Waals surface area (Å²) in [4.78, 5) is 18.5. The van der Waals surface area contributed by atoms with Gasteiger partial charge in [-0.3, -0.25) is 9.78 Å². The Morgan fingerprint density at radius 3 is 2.70 bits per heavy atom. The molecule has 0 radical (unpaired) electrons. The lowest BCUT2D eigenvalue weighted by atomic mass is 10.0. The molecule has 1 aliphatic rings. The van der Waals surface area contributed by atoms with Gasteiger partial charge in [-0.25, -0.2) is 4.39 Å². The molecule has 7 nitrogen and oxygen atoms in total. The predicted octanol–water partition coefficient (Wildman–Crippen LogP) is 5.43. The van der Waals surface area contributed by atoms with Gasteiger partial charge < -0.3 is 24.8 Å². The molecule has 1 fully saturated rings. The standard InChI is InChI=1S/C27H23ClFN5O2S/c1-36-16-24(35)31-20-12-11-17(15-18(20)28)34-26(25(32-27(34)37)21-8-4-5-13-30-21)23-10-6-14-33(23)22-9-3-2-7-19(22)29/h2-15,25-26H,16H2,1H3,(H,31,35)(H,32,37)/t25-,26+/m1/s1. The second-order valence-corrected chi connectivity index (χ2v) is 9.19. The van der Waals surface area contributed by atoms with Crippen molar-refractivity contribution in [3.63, 3.8) is 0 Å². The van der Waals surface area contributed by atoms with E-state index in [0.717, 1.165) is 11.4 Å². The van der Waals surface area contributed by atoms with Crippen molar-refractivity contribution < 1.29 is 13.9 Å². The number of anilines is 2. The smallest absolute Gasteiger partial charge is 0.250 e. The summed E-state index contributed by atoms with van der Waals surface area (Å²) >= 11 is 12.4. The van der Waals surface area contributed by atoms with Crippen LogP contribution in [0.15, 0.2) is 85.2 Å². The van der Waals surface area contributed by atoms with Gasteiger partial charge in [0.2, 0.25) is 5.91 Å². The molecule has 2 aromatic heterocycles. The third kappa shape index (κ3) is 4.93. The lowest BCUT2D eigenvalue weighted by Crippen LogP contribution is -2.30. The first-order valence-corrected chi connectivity index (χ1v) is 12.3. The highest BCUT2D eigenvalue weighted by Crippen LogP contribution is 2.43. The van der Waals surface area contributed by atoms with Crippen molar-refractivity contribution in [2.45, 2.75) is 12.1 Å². The second kappa shape index (κ2) is 10.7. The van der Waals surface area contributed by atoms with Crippen LogP contribution in [-0.2, 0) is 9.53 Å². The van der Waals surface area contributed by atoms with Gasteiger partial charge in [-0.15, -0.1) is 0 Å². The molecule has 3 heterocycles. The Hall–Kier alpha value is -3.79. The molecule has 4 aromatic rings. The molecule has 0 unspecified atom stereocenters. The van der Waals surface area contributed by atoms with Gasteiger partial charge in [0.15, 0.2) is 5.11 Å². The minimum absolute atomic E-state index is 0.0843. The lowest BCUT2D eigenvalue weighted by molar-refractivity contribution is -0.119. The SMILES string of the molecule is COCC(=O)Nc1ccc(N2C(=S)N[C@H](c3ccccn3)[C@@H]2c2cccn2-c2ccccc2F)cc1Cl. The first-order chi connectivity index (χ1) is 18.0. The number of methoxy groups -OCH3 is 1.